The Bertz CT molecular complexity index is 6300. The zero-order valence-corrected chi connectivity index (χ0v) is 57.1. The van der Waals surface area contributed by atoms with Crippen LogP contribution in [0, 0.1) is 0 Å². The van der Waals surface area contributed by atoms with E-state index in [4.69, 9.17) is 19.9 Å². The highest BCUT2D eigenvalue weighted by Crippen LogP contribution is 2.55. The molecule has 16 aromatic carbocycles. The maximum Gasteiger partial charge on any atom is 0.160 e. The van der Waals surface area contributed by atoms with E-state index in [0.717, 1.165) is 56.7 Å². The number of nitrogens with zero attached hydrogens (tertiary/aromatic N) is 4. The Kier molecular flexibility index (Phi) is 14.2. The van der Waals surface area contributed by atoms with Crippen molar-refractivity contribution in [3.63, 3.8) is 0 Å². The molecule has 0 saturated carbocycles. The van der Waals surface area contributed by atoms with Crippen LogP contribution in [-0.2, 0) is 10.8 Å². The molecule has 0 radical (unpaired) electrons. The Morgan fingerprint density at radius 1 is 0.196 bits per heavy atom. The largest absolute Gasteiger partial charge is 0.228 e. The lowest BCUT2D eigenvalue weighted by Gasteiger charge is -2.24. The van der Waals surface area contributed by atoms with Crippen molar-refractivity contribution < 1.29 is 0 Å². The minimum absolute atomic E-state index is 0.236. The van der Waals surface area contributed by atoms with Crippen LogP contribution in [0.15, 0.2) is 340 Å². The van der Waals surface area contributed by atoms with Gasteiger partial charge in [0, 0.05) is 55.3 Å². The van der Waals surface area contributed by atoms with E-state index in [1.807, 2.05) is 12.1 Å². The number of benzene rings is 16. The van der Waals surface area contributed by atoms with E-state index in [9.17, 15) is 0 Å². The number of fused-ring (bicyclic) bond motifs is 12. The monoisotopic (exact) mass is 1300 g/mol. The fourth-order valence-corrected chi connectivity index (χ4v) is 16.9. The van der Waals surface area contributed by atoms with Gasteiger partial charge in [-0.25, -0.2) is 19.9 Å². The van der Waals surface area contributed by atoms with Crippen LogP contribution in [0.5, 0.6) is 0 Å². The lowest BCUT2D eigenvalue weighted by Crippen LogP contribution is -2.17. The molecule has 0 fully saturated rings. The Morgan fingerprint density at radius 3 is 0.912 bits per heavy atom. The molecule has 0 spiro atoms. The molecule has 0 saturated heterocycles. The summed E-state index contributed by atoms with van der Waals surface area (Å²) >= 11 is 0. The van der Waals surface area contributed by atoms with Crippen molar-refractivity contribution in [2.75, 3.05) is 0 Å². The second-order valence-corrected chi connectivity index (χ2v) is 28.3. The Balaban J connectivity index is 0.000000141. The SMILES string of the molecule is CC1(C)c2ccc(-c3c4ccccc4c(-c4ccc5ccccc5c4)c4ccccc34)cc2-c2nc(-c3ccccc3)nc(-c3ccccc3)c21.CC1(C)c2ccccc2-c2nc(-c3ccccc3)nc(-c3ccc(-c4c5ccccc5c(-c5ccc6ccccc6c5)c5ccccc45)cc3)c21. The molecule has 4 nitrogen and oxygen atoms in total. The number of aromatic nitrogens is 4. The molecule has 18 aromatic rings. The third-order valence-corrected chi connectivity index (χ3v) is 21.7. The van der Waals surface area contributed by atoms with Gasteiger partial charge in [-0.3, -0.25) is 0 Å². The van der Waals surface area contributed by atoms with Crippen molar-refractivity contribution in [3.8, 4) is 112 Å². The first-order valence-corrected chi connectivity index (χ1v) is 35.3. The van der Waals surface area contributed by atoms with E-state index in [1.165, 1.54) is 143 Å². The molecule has 2 heterocycles. The van der Waals surface area contributed by atoms with Gasteiger partial charge in [-0.05, 0) is 138 Å². The van der Waals surface area contributed by atoms with E-state index < -0.39 is 0 Å². The maximum absolute atomic E-state index is 5.37. The van der Waals surface area contributed by atoms with E-state index in [0.29, 0.717) is 0 Å². The Morgan fingerprint density at radius 2 is 0.480 bits per heavy atom. The summed E-state index contributed by atoms with van der Waals surface area (Å²) in [6.07, 6.45) is 0. The van der Waals surface area contributed by atoms with E-state index in [-0.39, 0.29) is 10.8 Å². The van der Waals surface area contributed by atoms with Gasteiger partial charge in [0.2, 0.25) is 0 Å². The van der Waals surface area contributed by atoms with Crippen molar-refractivity contribution in [3.05, 3.63) is 362 Å². The molecule has 0 unspecified atom stereocenters. The van der Waals surface area contributed by atoms with Gasteiger partial charge in [0.25, 0.3) is 0 Å². The minimum Gasteiger partial charge on any atom is -0.228 e. The van der Waals surface area contributed by atoms with Crippen LogP contribution in [0.3, 0.4) is 0 Å². The fraction of sp³-hybridized carbons (Fsp3) is 0.0612. The molecule has 2 aliphatic carbocycles. The first-order chi connectivity index (χ1) is 50.1. The van der Waals surface area contributed by atoms with Crippen LogP contribution in [0.25, 0.3) is 177 Å². The van der Waals surface area contributed by atoms with Gasteiger partial charge in [0.05, 0.1) is 22.8 Å². The molecule has 20 rings (SSSR count). The first-order valence-electron chi connectivity index (χ1n) is 35.3. The Labute approximate surface area is 593 Å². The van der Waals surface area contributed by atoms with Crippen molar-refractivity contribution in [2.45, 2.75) is 38.5 Å². The van der Waals surface area contributed by atoms with Crippen molar-refractivity contribution in [1.82, 2.24) is 19.9 Å². The van der Waals surface area contributed by atoms with Gasteiger partial charge in [0.15, 0.2) is 11.6 Å². The van der Waals surface area contributed by atoms with E-state index in [2.05, 4.69) is 355 Å². The zero-order chi connectivity index (χ0) is 68.2. The van der Waals surface area contributed by atoms with Crippen LogP contribution in [0.2, 0.25) is 0 Å². The van der Waals surface area contributed by atoms with Gasteiger partial charge in [-0.15, -0.1) is 0 Å². The van der Waals surface area contributed by atoms with Crippen LogP contribution in [0.4, 0.5) is 0 Å². The maximum atomic E-state index is 5.37. The van der Waals surface area contributed by atoms with Crippen LogP contribution in [-0.4, -0.2) is 19.9 Å². The molecule has 0 bridgehead atoms. The summed E-state index contributed by atoms with van der Waals surface area (Å²) < 4.78 is 0. The average molecular weight is 1300 g/mol. The summed E-state index contributed by atoms with van der Waals surface area (Å²) in [7, 11) is 0. The summed E-state index contributed by atoms with van der Waals surface area (Å²) in [6, 6.07) is 123. The summed E-state index contributed by atoms with van der Waals surface area (Å²) in [5.41, 5.74) is 25.0. The van der Waals surface area contributed by atoms with Crippen molar-refractivity contribution >= 4 is 64.6 Å². The molecule has 102 heavy (non-hydrogen) atoms. The first kappa shape index (κ1) is 60.4. The molecular weight excluding hydrogens is 1230 g/mol. The molecule has 0 amide bonds. The third kappa shape index (κ3) is 9.81. The lowest BCUT2D eigenvalue weighted by molar-refractivity contribution is 0.657. The quantitative estimate of drug-likeness (QED) is 0.142. The number of hydrogen-bond acceptors (Lipinski definition) is 4. The minimum atomic E-state index is -0.284. The van der Waals surface area contributed by atoms with Crippen molar-refractivity contribution in [1.29, 1.82) is 0 Å². The highest BCUT2D eigenvalue weighted by molar-refractivity contribution is 6.23. The zero-order valence-electron chi connectivity index (χ0n) is 57.1. The molecule has 480 valence electrons. The second-order valence-electron chi connectivity index (χ2n) is 28.3. The lowest BCUT2D eigenvalue weighted by atomic mass is 9.80. The summed E-state index contributed by atoms with van der Waals surface area (Å²) in [4.78, 5) is 21.2. The normalized spacial score (nSPS) is 13.1. The molecule has 2 aliphatic rings. The van der Waals surface area contributed by atoms with Gasteiger partial charge >= 0.3 is 0 Å². The molecule has 2 aromatic heterocycles. The molecule has 4 heteroatoms. The summed E-state index contributed by atoms with van der Waals surface area (Å²) in [5, 5.41) is 15.0. The average Bonchev–Trinajstić information content (AvgIpc) is 1.47. The number of hydrogen-bond donors (Lipinski definition) is 0. The van der Waals surface area contributed by atoms with Gasteiger partial charge in [-0.2, -0.15) is 0 Å². The van der Waals surface area contributed by atoms with Crippen LogP contribution >= 0.6 is 0 Å². The summed E-state index contributed by atoms with van der Waals surface area (Å²) in [6.45, 7) is 9.24. The highest BCUT2D eigenvalue weighted by Gasteiger charge is 2.42. The summed E-state index contributed by atoms with van der Waals surface area (Å²) in [5.74, 6) is 1.50. The predicted octanol–water partition coefficient (Wildman–Crippen LogP) is 25.8. The molecule has 0 aliphatic heterocycles. The van der Waals surface area contributed by atoms with Gasteiger partial charge in [-0.1, -0.05) is 349 Å². The smallest absolute Gasteiger partial charge is 0.160 e. The van der Waals surface area contributed by atoms with Crippen LogP contribution in [0.1, 0.15) is 49.9 Å². The number of rotatable bonds is 8. The second kappa shape index (κ2) is 24.0. The van der Waals surface area contributed by atoms with Gasteiger partial charge in [0.1, 0.15) is 0 Å². The highest BCUT2D eigenvalue weighted by atomic mass is 14.9. The van der Waals surface area contributed by atoms with Crippen LogP contribution < -0.4 is 0 Å². The third-order valence-electron chi connectivity index (χ3n) is 21.7. The topological polar surface area (TPSA) is 51.6 Å². The fourth-order valence-electron chi connectivity index (χ4n) is 16.9. The van der Waals surface area contributed by atoms with E-state index >= 15 is 0 Å². The van der Waals surface area contributed by atoms with Gasteiger partial charge < -0.3 is 0 Å². The molecule has 0 N–H and O–H groups in total. The predicted molar refractivity (Wildman–Crippen MR) is 428 cm³/mol. The molecular formula is C98H68N4. The molecule has 0 atom stereocenters. The van der Waals surface area contributed by atoms with E-state index in [1.54, 1.807) is 0 Å². The Hall–Kier alpha value is -12.8. The van der Waals surface area contributed by atoms with Crippen molar-refractivity contribution in [2.24, 2.45) is 0 Å². The standard InChI is InChI=1S/2C49H34N2/c1-49(2)42-28-27-36(30-41(42)47-45(49)46(32-16-5-3-6-17-32)50-48(51-47)33-18-7-4-8-19-33)44-39-23-13-11-21-37(39)43(38-22-12-14-24-40(38)44)35-26-25-31-15-9-10-20-34(31)29-35;1-49(2)42-23-13-12-22-41(42)47-45(49)46(50-48(51-47)34-15-4-3-5-16-34)33-27-25-32(26-28-33)43-37-18-8-10-20-39(37)44(40-21-11-9-19-38(40)43)36-29-24-31-14-6-7-17-35(31)30-36/h2*3-30H,1-2H3.